The number of hydrogen-bond acceptors (Lipinski definition) is 5. The number of carbonyl (C=O) groups is 1. The van der Waals surface area contributed by atoms with Crippen LogP contribution in [0.3, 0.4) is 0 Å². The molecule has 0 saturated heterocycles. The average molecular weight is 397 g/mol. The van der Waals surface area contributed by atoms with Crippen LogP contribution in [-0.2, 0) is 6.42 Å². The van der Waals surface area contributed by atoms with Gasteiger partial charge in [-0.05, 0) is 55.5 Å². The van der Waals surface area contributed by atoms with Crippen molar-refractivity contribution in [2.24, 2.45) is 0 Å². The predicted octanol–water partition coefficient (Wildman–Crippen LogP) is 4.21. The van der Waals surface area contributed by atoms with Crippen LogP contribution in [0.1, 0.15) is 47.0 Å². The summed E-state index contributed by atoms with van der Waals surface area (Å²) in [6.07, 6.45) is 4.02. The number of nitrogen functional groups attached to an aromatic ring is 1. The largest absolute Gasteiger partial charge is 0.398 e. The van der Waals surface area contributed by atoms with Gasteiger partial charge in [0.2, 0.25) is 11.7 Å². The van der Waals surface area contributed by atoms with Crippen LogP contribution in [0.25, 0.3) is 11.4 Å². The van der Waals surface area contributed by atoms with E-state index in [0.717, 1.165) is 48.2 Å². The third-order valence-electron chi connectivity index (χ3n) is 5.27. The van der Waals surface area contributed by atoms with E-state index in [4.69, 9.17) is 10.3 Å². The normalized spacial score (nSPS) is 15.6. The van der Waals surface area contributed by atoms with Gasteiger partial charge in [-0.2, -0.15) is 4.98 Å². The van der Waals surface area contributed by atoms with Crippen molar-refractivity contribution < 1.29 is 9.32 Å². The molecule has 1 saturated carbocycles. The van der Waals surface area contributed by atoms with E-state index in [9.17, 15) is 4.79 Å². The Balaban J connectivity index is 0.00000192. The zero-order chi connectivity index (χ0) is 18.4. The van der Waals surface area contributed by atoms with Crippen molar-refractivity contribution in [1.82, 2.24) is 10.1 Å². The molecule has 0 atom stereocenters. The van der Waals surface area contributed by atoms with Crippen molar-refractivity contribution >= 4 is 29.7 Å². The molecule has 0 spiro atoms. The van der Waals surface area contributed by atoms with E-state index >= 15 is 0 Å². The molecule has 1 fully saturated rings. The molecule has 7 heteroatoms. The highest BCUT2D eigenvalue weighted by atomic mass is 35.5. The van der Waals surface area contributed by atoms with E-state index in [1.165, 1.54) is 0 Å². The number of halogens is 1. The second-order valence-electron chi connectivity index (χ2n) is 7.22. The predicted molar refractivity (Wildman–Crippen MR) is 110 cm³/mol. The lowest BCUT2D eigenvalue weighted by molar-refractivity contribution is 0.0985. The molecule has 3 aromatic rings. The van der Waals surface area contributed by atoms with Crippen LogP contribution in [0.4, 0.5) is 11.4 Å². The molecule has 2 N–H and O–H groups in total. The number of hydrogen-bond donors (Lipinski definition) is 1. The van der Waals surface area contributed by atoms with Crippen LogP contribution < -0.4 is 10.6 Å². The van der Waals surface area contributed by atoms with E-state index in [0.29, 0.717) is 29.7 Å². The molecule has 2 aromatic carbocycles. The van der Waals surface area contributed by atoms with Crippen LogP contribution in [0.15, 0.2) is 47.0 Å². The number of anilines is 2. The van der Waals surface area contributed by atoms with Crippen molar-refractivity contribution in [3.8, 4) is 11.4 Å². The summed E-state index contributed by atoms with van der Waals surface area (Å²) >= 11 is 0. The second-order valence-corrected chi connectivity index (χ2v) is 7.22. The summed E-state index contributed by atoms with van der Waals surface area (Å²) < 4.78 is 5.35. The van der Waals surface area contributed by atoms with Gasteiger partial charge in [0.25, 0.3) is 5.91 Å². The van der Waals surface area contributed by atoms with E-state index in [1.807, 2.05) is 47.4 Å². The van der Waals surface area contributed by atoms with Crippen LogP contribution in [-0.4, -0.2) is 22.6 Å². The van der Waals surface area contributed by atoms with Crippen LogP contribution in [0, 0.1) is 0 Å². The van der Waals surface area contributed by atoms with Crippen molar-refractivity contribution in [3.63, 3.8) is 0 Å². The molecule has 0 radical (unpaired) electrons. The minimum absolute atomic E-state index is 0. The van der Waals surface area contributed by atoms with Crippen LogP contribution in [0.2, 0.25) is 0 Å². The van der Waals surface area contributed by atoms with Crippen LogP contribution >= 0.6 is 12.4 Å². The lowest BCUT2D eigenvalue weighted by Gasteiger charge is -2.30. The molecule has 2 aliphatic rings. The first-order chi connectivity index (χ1) is 13.2. The van der Waals surface area contributed by atoms with E-state index < -0.39 is 0 Å². The van der Waals surface area contributed by atoms with Crippen molar-refractivity contribution in [2.75, 3.05) is 17.2 Å². The van der Waals surface area contributed by atoms with E-state index in [1.54, 1.807) is 0 Å². The van der Waals surface area contributed by atoms with Crippen molar-refractivity contribution in [2.45, 2.75) is 31.6 Å². The van der Waals surface area contributed by atoms with Gasteiger partial charge in [0.1, 0.15) is 0 Å². The molecule has 0 unspecified atom stereocenters. The van der Waals surface area contributed by atoms with Gasteiger partial charge in [-0.25, -0.2) is 0 Å². The summed E-state index contributed by atoms with van der Waals surface area (Å²) in [5, 5.41) is 4.08. The Morgan fingerprint density at radius 2 is 2.00 bits per heavy atom. The molecule has 1 amide bonds. The van der Waals surface area contributed by atoms with Crippen molar-refractivity contribution in [3.05, 3.63) is 59.5 Å². The summed E-state index contributed by atoms with van der Waals surface area (Å²) in [7, 11) is 0. The Bertz CT molecular complexity index is 1030. The minimum Gasteiger partial charge on any atom is -0.398 e. The lowest BCUT2D eigenvalue weighted by atomic mass is 9.98. The standard InChI is InChI=1S/C21H20N4O2.ClH/c22-17-7-2-8-18-16(17)6-3-11-25(18)21(26)15-5-1-4-14(12-15)19-23-20(27-24-19)13-9-10-13;/h1-2,4-5,7-8,12-13H,3,6,9-11,22H2;1H. The number of carbonyl (C=O) groups excluding carboxylic acids is 1. The number of rotatable bonds is 3. The number of nitrogens with two attached hydrogens (primary N) is 1. The van der Waals surface area contributed by atoms with Gasteiger partial charge >= 0.3 is 0 Å². The maximum Gasteiger partial charge on any atom is 0.258 e. The van der Waals surface area contributed by atoms with Crippen LogP contribution in [0.5, 0.6) is 0 Å². The Labute approximate surface area is 169 Å². The number of nitrogens with zero attached hydrogens (tertiary/aromatic N) is 3. The monoisotopic (exact) mass is 396 g/mol. The smallest absolute Gasteiger partial charge is 0.258 e. The maximum absolute atomic E-state index is 13.2. The van der Waals surface area contributed by atoms with Gasteiger partial charge in [-0.3, -0.25) is 4.79 Å². The van der Waals surface area contributed by atoms with Gasteiger partial charge in [-0.1, -0.05) is 23.4 Å². The fourth-order valence-corrected chi connectivity index (χ4v) is 3.66. The molecule has 0 bridgehead atoms. The highest BCUT2D eigenvalue weighted by Crippen LogP contribution is 2.39. The number of benzene rings is 2. The van der Waals surface area contributed by atoms with Gasteiger partial charge in [-0.15, -0.1) is 12.4 Å². The quantitative estimate of drug-likeness (QED) is 0.670. The second kappa shape index (κ2) is 7.28. The fourth-order valence-electron chi connectivity index (χ4n) is 3.66. The first-order valence-corrected chi connectivity index (χ1v) is 9.34. The zero-order valence-corrected chi connectivity index (χ0v) is 16.1. The molecule has 2 heterocycles. The average Bonchev–Trinajstić information content (AvgIpc) is 3.44. The van der Waals surface area contributed by atoms with E-state index in [2.05, 4.69) is 10.1 Å². The number of fused-ring (bicyclic) bond motifs is 1. The SMILES string of the molecule is Cl.Nc1cccc2c1CCCN2C(=O)c1cccc(-c2noc(C3CC3)n2)c1. The van der Waals surface area contributed by atoms with Gasteiger partial charge in [0.05, 0.1) is 0 Å². The Kier molecular flexibility index (Phi) is 4.81. The molecular weight excluding hydrogens is 376 g/mol. The number of amides is 1. The summed E-state index contributed by atoms with van der Waals surface area (Å²) in [4.78, 5) is 19.5. The molecule has 1 aliphatic heterocycles. The highest BCUT2D eigenvalue weighted by molar-refractivity contribution is 6.07. The van der Waals surface area contributed by atoms with Crippen molar-refractivity contribution in [1.29, 1.82) is 0 Å². The Morgan fingerprint density at radius 1 is 1.18 bits per heavy atom. The molecule has 6 nitrogen and oxygen atoms in total. The molecule has 5 rings (SSSR count). The first kappa shape index (κ1) is 18.5. The van der Waals surface area contributed by atoms with Gasteiger partial charge in [0, 0.05) is 35.0 Å². The molecular formula is C21H21ClN4O2. The van der Waals surface area contributed by atoms with E-state index in [-0.39, 0.29) is 18.3 Å². The molecule has 1 aliphatic carbocycles. The third-order valence-corrected chi connectivity index (χ3v) is 5.27. The highest BCUT2D eigenvalue weighted by Gasteiger charge is 2.30. The molecule has 144 valence electrons. The topological polar surface area (TPSA) is 85.2 Å². The summed E-state index contributed by atoms with van der Waals surface area (Å²) in [6, 6.07) is 13.2. The zero-order valence-electron chi connectivity index (χ0n) is 15.3. The third kappa shape index (κ3) is 3.24. The van der Waals surface area contributed by atoms with Gasteiger partial charge < -0.3 is 15.2 Å². The summed E-state index contributed by atoms with van der Waals surface area (Å²) in [6.45, 7) is 0.688. The maximum atomic E-state index is 13.2. The first-order valence-electron chi connectivity index (χ1n) is 9.34. The fraction of sp³-hybridized carbons (Fsp3) is 0.286. The lowest BCUT2D eigenvalue weighted by Crippen LogP contribution is -2.35. The Morgan fingerprint density at radius 3 is 2.82 bits per heavy atom. The summed E-state index contributed by atoms with van der Waals surface area (Å²) in [5.41, 5.74) is 10.2. The Hall–Kier alpha value is -2.86. The molecule has 1 aromatic heterocycles. The van der Waals surface area contributed by atoms with Gasteiger partial charge in [0.15, 0.2) is 0 Å². The number of aromatic nitrogens is 2. The minimum atomic E-state index is -0.0330. The summed E-state index contributed by atoms with van der Waals surface area (Å²) in [5.74, 6) is 1.61. The molecule has 28 heavy (non-hydrogen) atoms.